The molecule has 1 atom stereocenters. The first-order valence-electron chi connectivity index (χ1n) is 7.90. The predicted molar refractivity (Wildman–Crippen MR) is 94.9 cm³/mol. The van der Waals surface area contributed by atoms with Crippen LogP contribution in [0.5, 0.6) is 0 Å². The van der Waals surface area contributed by atoms with Gasteiger partial charge in [-0.2, -0.15) is 0 Å². The molecular formula is C17H20N2O3S2. The van der Waals surface area contributed by atoms with Crippen molar-refractivity contribution >= 4 is 27.3 Å². The normalized spacial score (nSPS) is 15.9. The summed E-state index contributed by atoms with van der Waals surface area (Å²) in [6.07, 6.45) is 1.72. The number of rotatable bonds is 7. The second-order valence-electron chi connectivity index (χ2n) is 6.03. The van der Waals surface area contributed by atoms with Crippen LogP contribution in [0.2, 0.25) is 0 Å². The van der Waals surface area contributed by atoms with Gasteiger partial charge in [0.25, 0.3) is 5.91 Å². The quantitative estimate of drug-likeness (QED) is 0.793. The Hall–Kier alpha value is -1.70. The molecule has 128 valence electrons. The molecule has 0 spiro atoms. The van der Waals surface area contributed by atoms with Crippen LogP contribution in [0, 0.1) is 0 Å². The highest BCUT2D eigenvalue weighted by molar-refractivity contribution is 7.89. The average molecular weight is 364 g/mol. The van der Waals surface area contributed by atoms with Crippen LogP contribution in [-0.2, 0) is 10.0 Å². The summed E-state index contributed by atoms with van der Waals surface area (Å²) < 4.78 is 27.3. The Labute approximate surface area is 146 Å². The topological polar surface area (TPSA) is 75.3 Å². The number of amides is 1. The molecule has 1 aliphatic carbocycles. The van der Waals surface area contributed by atoms with E-state index < -0.39 is 10.0 Å². The summed E-state index contributed by atoms with van der Waals surface area (Å²) >= 11 is 1.15. The monoisotopic (exact) mass is 364 g/mol. The minimum absolute atomic E-state index is 0.0175. The first kappa shape index (κ1) is 17.1. The maximum absolute atomic E-state index is 12.4. The van der Waals surface area contributed by atoms with Gasteiger partial charge in [0.2, 0.25) is 10.0 Å². The van der Waals surface area contributed by atoms with Gasteiger partial charge < -0.3 is 5.32 Å². The van der Waals surface area contributed by atoms with Crippen molar-refractivity contribution < 1.29 is 13.2 Å². The van der Waals surface area contributed by atoms with Gasteiger partial charge in [0.05, 0.1) is 0 Å². The van der Waals surface area contributed by atoms with Crippen molar-refractivity contribution in [3.05, 3.63) is 52.2 Å². The van der Waals surface area contributed by atoms with Gasteiger partial charge in [-0.3, -0.25) is 4.79 Å². The van der Waals surface area contributed by atoms with E-state index in [1.165, 1.54) is 6.07 Å². The van der Waals surface area contributed by atoms with Crippen LogP contribution >= 0.6 is 11.3 Å². The number of carbonyl (C=O) groups is 1. The lowest BCUT2D eigenvalue weighted by Gasteiger charge is -2.13. The summed E-state index contributed by atoms with van der Waals surface area (Å²) in [6.45, 7) is 2.48. The number of sulfonamides is 1. The number of benzene rings is 1. The molecule has 7 heteroatoms. The molecule has 1 unspecified atom stereocenters. The fraction of sp³-hybridized carbons (Fsp3) is 0.353. The molecule has 2 N–H and O–H groups in total. The Morgan fingerprint density at radius 3 is 2.62 bits per heavy atom. The lowest BCUT2D eigenvalue weighted by atomic mass is 10.0. The van der Waals surface area contributed by atoms with Gasteiger partial charge in [-0.05, 0) is 35.8 Å². The van der Waals surface area contributed by atoms with Crippen molar-refractivity contribution in [3.8, 4) is 0 Å². The van der Waals surface area contributed by atoms with Crippen molar-refractivity contribution in [3.63, 3.8) is 0 Å². The molecule has 1 amide bonds. The molecule has 0 bridgehead atoms. The summed E-state index contributed by atoms with van der Waals surface area (Å²) in [5.41, 5.74) is 1.13. The molecule has 24 heavy (non-hydrogen) atoms. The molecular weight excluding hydrogens is 344 g/mol. The largest absolute Gasteiger partial charge is 0.351 e. The van der Waals surface area contributed by atoms with Crippen LogP contribution < -0.4 is 10.0 Å². The Bertz CT molecular complexity index is 811. The minimum Gasteiger partial charge on any atom is -0.351 e. The summed E-state index contributed by atoms with van der Waals surface area (Å²) in [5, 5.41) is 4.48. The zero-order chi connectivity index (χ0) is 17.2. The van der Waals surface area contributed by atoms with E-state index in [2.05, 4.69) is 10.0 Å². The molecule has 3 rings (SSSR count). The Morgan fingerprint density at radius 1 is 1.25 bits per heavy atom. The first-order valence-corrected chi connectivity index (χ1v) is 10.3. The van der Waals surface area contributed by atoms with Crippen LogP contribution in [0.15, 0.2) is 46.7 Å². The van der Waals surface area contributed by atoms with Gasteiger partial charge >= 0.3 is 0 Å². The SMILES string of the molecule is CC(CNC(=O)c1sccc1S(=O)(=O)NC1CC1)c1ccccc1. The summed E-state index contributed by atoms with van der Waals surface area (Å²) in [7, 11) is -3.62. The highest BCUT2D eigenvalue weighted by Gasteiger charge is 2.31. The molecule has 1 heterocycles. The summed E-state index contributed by atoms with van der Waals surface area (Å²) in [6, 6.07) is 11.4. The van der Waals surface area contributed by atoms with E-state index in [0.29, 0.717) is 6.54 Å². The van der Waals surface area contributed by atoms with Crippen molar-refractivity contribution in [2.75, 3.05) is 6.54 Å². The summed E-state index contributed by atoms with van der Waals surface area (Å²) in [5.74, 6) is -0.191. The molecule has 2 aromatic rings. The van der Waals surface area contributed by atoms with Gasteiger partial charge in [0.1, 0.15) is 9.77 Å². The number of nitrogens with one attached hydrogen (secondary N) is 2. The fourth-order valence-corrected chi connectivity index (χ4v) is 5.03. The lowest BCUT2D eigenvalue weighted by Crippen LogP contribution is -2.30. The predicted octanol–water partition coefficient (Wildman–Crippen LogP) is 2.72. The second-order valence-corrected chi connectivity index (χ2v) is 8.63. The van der Waals surface area contributed by atoms with Gasteiger partial charge in [0, 0.05) is 12.6 Å². The maximum atomic E-state index is 12.4. The van der Waals surface area contributed by atoms with Crippen molar-refractivity contribution in [2.45, 2.75) is 36.6 Å². The molecule has 0 saturated heterocycles. The van der Waals surface area contributed by atoms with Crippen molar-refractivity contribution in [2.24, 2.45) is 0 Å². The van der Waals surface area contributed by atoms with E-state index in [-0.39, 0.29) is 27.6 Å². The fourth-order valence-electron chi connectivity index (χ4n) is 2.38. The molecule has 1 saturated carbocycles. The number of carbonyl (C=O) groups excluding carboxylic acids is 1. The van der Waals surface area contributed by atoms with Crippen molar-refractivity contribution in [1.82, 2.24) is 10.0 Å². The Balaban J connectivity index is 1.67. The molecule has 1 aromatic heterocycles. The molecule has 1 aliphatic rings. The third-order valence-corrected chi connectivity index (χ3v) is 6.57. The van der Waals surface area contributed by atoms with Crippen LogP contribution in [0.3, 0.4) is 0 Å². The van der Waals surface area contributed by atoms with E-state index in [0.717, 1.165) is 29.7 Å². The maximum Gasteiger partial charge on any atom is 0.262 e. The van der Waals surface area contributed by atoms with E-state index >= 15 is 0 Å². The van der Waals surface area contributed by atoms with E-state index in [1.54, 1.807) is 5.38 Å². The van der Waals surface area contributed by atoms with Gasteiger partial charge in [-0.1, -0.05) is 37.3 Å². The van der Waals surface area contributed by atoms with Gasteiger partial charge in [0.15, 0.2) is 0 Å². The number of hydrogen-bond acceptors (Lipinski definition) is 4. The average Bonchev–Trinajstić information content (AvgIpc) is 3.22. The number of hydrogen-bond donors (Lipinski definition) is 2. The molecule has 1 aromatic carbocycles. The highest BCUT2D eigenvalue weighted by atomic mass is 32.2. The second kappa shape index (κ2) is 7.04. The molecule has 0 radical (unpaired) electrons. The Kier molecular flexibility index (Phi) is 5.03. The van der Waals surface area contributed by atoms with Gasteiger partial charge in [-0.25, -0.2) is 13.1 Å². The Morgan fingerprint density at radius 2 is 1.96 bits per heavy atom. The van der Waals surface area contributed by atoms with Crippen molar-refractivity contribution in [1.29, 1.82) is 0 Å². The van der Waals surface area contributed by atoms with Crippen LogP contribution in [0.1, 0.15) is 40.9 Å². The first-order chi connectivity index (χ1) is 11.5. The highest BCUT2D eigenvalue weighted by Crippen LogP contribution is 2.26. The lowest BCUT2D eigenvalue weighted by molar-refractivity contribution is 0.0952. The van der Waals surface area contributed by atoms with Crippen LogP contribution in [-0.4, -0.2) is 26.9 Å². The summed E-state index contributed by atoms with van der Waals surface area (Å²) in [4.78, 5) is 12.7. The zero-order valence-corrected chi connectivity index (χ0v) is 15.0. The third-order valence-electron chi connectivity index (χ3n) is 3.96. The zero-order valence-electron chi connectivity index (χ0n) is 13.4. The van der Waals surface area contributed by atoms with Crippen LogP contribution in [0.25, 0.3) is 0 Å². The van der Waals surface area contributed by atoms with E-state index in [1.807, 2.05) is 37.3 Å². The van der Waals surface area contributed by atoms with E-state index in [4.69, 9.17) is 0 Å². The molecule has 5 nitrogen and oxygen atoms in total. The minimum atomic E-state index is -3.62. The van der Waals surface area contributed by atoms with Crippen LogP contribution in [0.4, 0.5) is 0 Å². The molecule has 1 fully saturated rings. The molecule has 0 aliphatic heterocycles. The standard InChI is InChI=1S/C17H20N2O3S2/c1-12(13-5-3-2-4-6-13)11-18-17(20)16-15(9-10-23-16)24(21,22)19-14-7-8-14/h2-6,9-10,12,14,19H,7-8,11H2,1H3,(H,18,20). The smallest absolute Gasteiger partial charge is 0.262 e. The van der Waals surface area contributed by atoms with Gasteiger partial charge in [-0.15, -0.1) is 11.3 Å². The third kappa shape index (κ3) is 4.03. The number of thiophene rings is 1. The van der Waals surface area contributed by atoms with E-state index in [9.17, 15) is 13.2 Å².